The van der Waals surface area contributed by atoms with Gasteiger partial charge in [-0.1, -0.05) is 249 Å². The molecule has 0 aliphatic heterocycles. The normalized spacial score (nSPS) is 12.6. The molecule has 12 aromatic rings. The van der Waals surface area contributed by atoms with E-state index < -0.39 is 13.5 Å². The average molecular weight is 978 g/mol. The Balaban J connectivity index is 0.932. The lowest BCUT2D eigenvalue weighted by molar-refractivity contribution is 0.769. The molecule has 0 atom stereocenters. The smallest absolute Gasteiger partial charge is 0.164 e. The zero-order valence-corrected chi connectivity index (χ0v) is 43.0. The van der Waals surface area contributed by atoms with Crippen LogP contribution >= 0.6 is 0 Å². The van der Waals surface area contributed by atoms with Crippen molar-refractivity contribution in [1.82, 2.24) is 24.9 Å². The fraction of sp³-hybridized carbons (Fsp3) is 0.0580. The van der Waals surface area contributed by atoms with E-state index in [0.29, 0.717) is 23.3 Å². The first-order valence-corrected chi connectivity index (χ1v) is 29.1. The lowest BCUT2D eigenvalue weighted by atomic mass is 9.67. The number of hydrogen-bond acceptors (Lipinski definition) is 5. The second kappa shape index (κ2) is 18.7. The summed E-state index contributed by atoms with van der Waals surface area (Å²) < 4.78 is 0. The van der Waals surface area contributed by atoms with Crippen molar-refractivity contribution in [2.24, 2.45) is 0 Å². The maximum Gasteiger partial charge on any atom is 0.164 e. The number of nitrogens with zero attached hydrogens (tertiary/aromatic N) is 5. The topological polar surface area (TPSA) is 64.5 Å². The summed E-state index contributed by atoms with van der Waals surface area (Å²) in [5.41, 5.74) is 17.8. The van der Waals surface area contributed by atoms with Gasteiger partial charge in [0.25, 0.3) is 0 Å². The molecule has 75 heavy (non-hydrogen) atoms. The highest BCUT2D eigenvalue weighted by atomic mass is 28.3. The minimum Gasteiger partial charge on any atom is -0.228 e. The van der Waals surface area contributed by atoms with Gasteiger partial charge in [-0.25, -0.2) is 24.9 Å². The summed E-state index contributed by atoms with van der Waals surface area (Å²) in [5.74, 6) is 2.37. The van der Waals surface area contributed by atoms with Crippen LogP contribution in [0.2, 0.25) is 19.6 Å². The van der Waals surface area contributed by atoms with Gasteiger partial charge in [0.15, 0.2) is 23.3 Å². The summed E-state index contributed by atoms with van der Waals surface area (Å²) in [6.07, 6.45) is 0. The predicted molar refractivity (Wildman–Crippen MR) is 311 cm³/mol. The van der Waals surface area contributed by atoms with Crippen molar-refractivity contribution in [3.05, 3.63) is 277 Å². The van der Waals surface area contributed by atoms with Crippen molar-refractivity contribution >= 4 is 24.2 Å². The molecule has 1 aliphatic carbocycles. The Kier molecular flexibility index (Phi) is 11.4. The number of para-hydroxylation sites is 1. The molecule has 0 amide bonds. The van der Waals surface area contributed by atoms with Gasteiger partial charge in [0.1, 0.15) is 0 Å². The van der Waals surface area contributed by atoms with E-state index in [2.05, 4.69) is 196 Å². The zero-order valence-electron chi connectivity index (χ0n) is 42.0. The predicted octanol–water partition coefficient (Wildman–Crippen LogP) is 16.4. The molecule has 0 radical (unpaired) electrons. The highest BCUT2D eigenvalue weighted by Gasteiger charge is 2.46. The van der Waals surface area contributed by atoms with E-state index in [4.69, 9.17) is 24.9 Å². The molecule has 1 aliphatic rings. The highest BCUT2D eigenvalue weighted by molar-refractivity contribution is 6.88. The first-order valence-electron chi connectivity index (χ1n) is 25.6. The van der Waals surface area contributed by atoms with Crippen LogP contribution < -0.4 is 5.19 Å². The van der Waals surface area contributed by atoms with Crippen LogP contribution in [0.25, 0.3) is 101 Å². The summed E-state index contributed by atoms with van der Waals surface area (Å²) in [4.78, 5) is 25.8. The Morgan fingerprint density at radius 2 is 0.693 bits per heavy atom. The Labute approximate surface area is 439 Å². The zero-order chi connectivity index (χ0) is 50.5. The first kappa shape index (κ1) is 45.6. The third-order valence-electron chi connectivity index (χ3n) is 14.8. The molecule has 10 aromatic carbocycles. The number of benzene rings is 10. The van der Waals surface area contributed by atoms with Gasteiger partial charge >= 0.3 is 0 Å². The quantitative estimate of drug-likeness (QED) is 0.128. The SMILES string of the molecule is C[Si](C)(C)c1ccc(-c2ccc3c(c2)C(c2ccccc2)(c2ccccc2)c2cc(-c4cccc(-c5nc(-c6ccccc6)nc(-c6cccc(-c7nc(-c8ccccc8)c8ccccc8n7)c6)n5)c4)ccc2-3)cc1. The van der Waals surface area contributed by atoms with Crippen molar-refractivity contribution < 1.29 is 0 Å². The van der Waals surface area contributed by atoms with Crippen molar-refractivity contribution in [2.45, 2.75) is 25.1 Å². The van der Waals surface area contributed by atoms with E-state index in [0.717, 1.165) is 55.5 Å². The van der Waals surface area contributed by atoms with Gasteiger partial charge in [-0.2, -0.15) is 0 Å². The summed E-state index contributed by atoms with van der Waals surface area (Å²) in [5, 5.41) is 2.47. The summed E-state index contributed by atoms with van der Waals surface area (Å²) >= 11 is 0. The Hall–Kier alpha value is -9.23. The maximum absolute atomic E-state index is 5.26. The molecule has 0 bridgehead atoms. The van der Waals surface area contributed by atoms with E-state index in [1.807, 2.05) is 78.9 Å². The van der Waals surface area contributed by atoms with Crippen LogP contribution in [-0.2, 0) is 5.41 Å². The minimum atomic E-state index is -1.46. The molecule has 0 saturated carbocycles. The third-order valence-corrected chi connectivity index (χ3v) is 16.9. The lowest BCUT2D eigenvalue weighted by Gasteiger charge is -2.34. The van der Waals surface area contributed by atoms with Gasteiger partial charge in [0, 0.05) is 33.2 Å². The molecule has 2 aromatic heterocycles. The Bertz CT molecular complexity index is 4040. The van der Waals surface area contributed by atoms with Crippen LogP contribution in [0.1, 0.15) is 22.3 Å². The van der Waals surface area contributed by atoms with Crippen molar-refractivity contribution in [1.29, 1.82) is 0 Å². The summed E-state index contributed by atoms with van der Waals surface area (Å²) in [6, 6.07) is 91.0. The molecule has 5 nitrogen and oxygen atoms in total. The van der Waals surface area contributed by atoms with E-state index >= 15 is 0 Å². The molecular weight excluding hydrogens is 927 g/mol. The van der Waals surface area contributed by atoms with Gasteiger partial charge in [-0.05, 0) is 86.0 Å². The maximum atomic E-state index is 5.26. The molecule has 0 N–H and O–H groups in total. The molecule has 0 saturated heterocycles. The number of fused-ring (bicyclic) bond motifs is 4. The number of aromatic nitrogens is 5. The van der Waals surface area contributed by atoms with Crippen LogP contribution in [0, 0.1) is 0 Å². The van der Waals surface area contributed by atoms with E-state index in [1.54, 1.807) is 0 Å². The van der Waals surface area contributed by atoms with Crippen LogP contribution in [-0.4, -0.2) is 33.0 Å². The largest absolute Gasteiger partial charge is 0.228 e. The van der Waals surface area contributed by atoms with Crippen molar-refractivity contribution in [3.63, 3.8) is 0 Å². The van der Waals surface area contributed by atoms with Gasteiger partial charge in [0.2, 0.25) is 0 Å². The van der Waals surface area contributed by atoms with Crippen molar-refractivity contribution in [3.8, 4) is 90.2 Å². The first-order chi connectivity index (χ1) is 36.8. The molecule has 6 heteroatoms. The third kappa shape index (κ3) is 8.26. The molecular formula is C69H51N5Si. The molecule has 13 rings (SSSR count). The van der Waals surface area contributed by atoms with Crippen LogP contribution in [0.4, 0.5) is 0 Å². The fourth-order valence-corrected chi connectivity index (χ4v) is 12.2. The Morgan fingerprint density at radius 1 is 0.293 bits per heavy atom. The summed E-state index contributed by atoms with van der Waals surface area (Å²) in [7, 11) is -1.46. The van der Waals surface area contributed by atoms with Crippen LogP contribution in [0.15, 0.2) is 255 Å². The molecule has 356 valence electrons. The molecule has 0 spiro atoms. The minimum absolute atomic E-state index is 0.562. The van der Waals surface area contributed by atoms with Crippen molar-refractivity contribution in [2.75, 3.05) is 0 Å². The second-order valence-corrected chi connectivity index (χ2v) is 25.5. The van der Waals surface area contributed by atoms with Gasteiger partial charge in [-0.3, -0.25) is 0 Å². The molecule has 2 heterocycles. The number of rotatable bonds is 10. The Morgan fingerprint density at radius 3 is 1.24 bits per heavy atom. The van der Waals surface area contributed by atoms with Crippen LogP contribution in [0.5, 0.6) is 0 Å². The molecule has 0 fully saturated rings. The fourth-order valence-electron chi connectivity index (χ4n) is 11.0. The average Bonchev–Trinajstić information content (AvgIpc) is 3.78. The van der Waals surface area contributed by atoms with Gasteiger partial charge in [0.05, 0.1) is 24.7 Å². The van der Waals surface area contributed by atoms with E-state index in [1.165, 1.54) is 49.7 Å². The number of hydrogen-bond donors (Lipinski definition) is 0. The standard InChI is InChI=1S/C69H51N5Si/c1-75(2,3)57-38-34-46(35-39-57)50-36-40-58-59-41-37-51(45-62(59)69(61(58)44-50,55-28-12-6-13-29-55)56-30-14-7-15-31-56)49-24-18-25-52(42-49)67-72-65(48-22-10-5-11-23-48)73-68(74-67)54-27-19-26-53(43-54)66-70-63-33-17-16-32-60(63)64(71-66)47-20-8-4-9-21-47/h4-45H,1-3H3. The second-order valence-electron chi connectivity index (χ2n) is 20.4. The van der Waals surface area contributed by atoms with E-state index in [9.17, 15) is 0 Å². The monoisotopic (exact) mass is 977 g/mol. The highest BCUT2D eigenvalue weighted by Crippen LogP contribution is 2.57. The van der Waals surface area contributed by atoms with Gasteiger partial charge in [-0.15, -0.1) is 0 Å². The van der Waals surface area contributed by atoms with E-state index in [-0.39, 0.29) is 0 Å². The molecule has 0 unspecified atom stereocenters. The summed E-state index contributed by atoms with van der Waals surface area (Å²) in [6.45, 7) is 7.22. The lowest BCUT2D eigenvalue weighted by Crippen LogP contribution is -2.37. The van der Waals surface area contributed by atoms with Crippen LogP contribution in [0.3, 0.4) is 0 Å². The van der Waals surface area contributed by atoms with Gasteiger partial charge < -0.3 is 0 Å².